The maximum atomic E-state index is 3.61. The topological polar surface area (TPSA) is 15.3 Å². The molecule has 0 saturated carbocycles. The van der Waals surface area contributed by atoms with Gasteiger partial charge in [-0.25, -0.2) is 0 Å². The van der Waals surface area contributed by atoms with Crippen LogP contribution in [0, 0.1) is 5.41 Å². The first-order chi connectivity index (χ1) is 7.78. The van der Waals surface area contributed by atoms with Gasteiger partial charge in [-0.1, -0.05) is 26.7 Å². The van der Waals surface area contributed by atoms with Crippen LogP contribution in [0.4, 0.5) is 0 Å². The number of nitrogens with one attached hydrogen (secondary N) is 1. The van der Waals surface area contributed by atoms with Gasteiger partial charge >= 0.3 is 0 Å². The zero-order valence-corrected chi connectivity index (χ0v) is 11.1. The lowest BCUT2D eigenvalue weighted by Gasteiger charge is -2.41. The second-order valence-electron chi connectivity index (χ2n) is 5.80. The number of rotatable bonds is 4. The SMILES string of the molecule is CCC1(CC)CCN(CC2CCCN2)CC1. The average Bonchev–Trinajstić information content (AvgIpc) is 2.83. The molecule has 2 heterocycles. The van der Waals surface area contributed by atoms with E-state index in [1.807, 2.05) is 0 Å². The van der Waals surface area contributed by atoms with Crippen LogP contribution in [0.15, 0.2) is 0 Å². The minimum absolute atomic E-state index is 0.680. The van der Waals surface area contributed by atoms with Crippen molar-refractivity contribution >= 4 is 0 Å². The van der Waals surface area contributed by atoms with Crippen molar-refractivity contribution in [2.24, 2.45) is 5.41 Å². The maximum absolute atomic E-state index is 3.61. The summed E-state index contributed by atoms with van der Waals surface area (Å²) in [6.07, 6.45) is 8.37. The fraction of sp³-hybridized carbons (Fsp3) is 1.00. The van der Waals surface area contributed by atoms with Gasteiger partial charge in [-0.3, -0.25) is 0 Å². The van der Waals surface area contributed by atoms with Crippen LogP contribution in [0.5, 0.6) is 0 Å². The van der Waals surface area contributed by atoms with Crippen LogP contribution >= 0.6 is 0 Å². The first-order valence-electron chi connectivity index (χ1n) is 7.24. The Balaban J connectivity index is 1.75. The molecule has 0 amide bonds. The fourth-order valence-corrected chi connectivity index (χ4v) is 3.39. The standard InChI is InChI=1S/C14H28N2/c1-3-14(4-2)7-10-16(11-8-14)12-13-6-5-9-15-13/h13,15H,3-12H2,1-2H3. The summed E-state index contributed by atoms with van der Waals surface area (Å²) >= 11 is 0. The molecule has 1 atom stereocenters. The zero-order valence-electron chi connectivity index (χ0n) is 11.1. The molecule has 0 aromatic rings. The predicted molar refractivity (Wildman–Crippen MR) is 69.7 cm³/mol. The lowest BCUT2D eigenvalue weighted by atomic mass is 9.74. The van der Waals surface area contributed by atoms with Gasteiger partial charge in [-0.2, -0.15) is 0 Å². The third kappa shape index (κ3) is 2.78. The molecule has 16 heavy (non-hydrogen) atoms. The van der Waals surface area contributed by atoms with Gasteiger partial charge in [0.05, 0.1) is 0 Å². The summed E-state index contributed by atoms with van der Waals surface area (Å²) in [5.41, 5.74) is 0.680. The monoisotopic (exact) mass is 224 g/mol. The van der Waals surface area contributed by atoms with E-state index in [9.17, 15) is 0 Å². The Morgan fingerprint density at radius 1 is 1.19 bits per heavy atom. The molecule has 2 nitrogen and oxygen atoms in total. The van der Waals surface area contributed by atoms with Crippen LogP contribution < -0.4 is 5.32 Å². The van der Waals surface area contributed by atoms with Crippen molar-refractivity contribution in [3.05, 3.63) is 0 Å². The third-order valence-corrected chi connectivity index (χ3v) is 5.06. The van der Waals surface area contributed by atoms with E-state index in [1.54, 1.807) is 0 Å². The molecule has 2 saturated heterocycles. The summed E-state index contributed by atoms with van der Waals surface area (Å²) in [5.74, 6) is 0. The van der Waals surface area contributed by atoms with Crippen molar-refractivity contribution < 1.29 is 0 Å². The molecule has 2 heteroatoms. The summed E-state index contributed by atoms with van der Waals surface area (Å²) in [6, 6.07) is 0.788. The fourth-order valence-electron chi connectivity index (χ4n) is 3.39. The van der Waals surface area contributed by atoms with Gasteiger partial charge in [0.1, 0.15) is 0 Å². The van der Waals surface area contributed by atoms with Crippen molar-refractivity contribution in [3.8, 4) is 0 Å². The van der Waals surface area contributed by atoms with E-state index >= 15 is 0 Å². The van der Waals surface area contributed by atoms with Crippen molar-refractivity contribution in [1.82, 2.24) is 10.2 Å². The van der Waals surface area contributed by atoms with Crippen LogP contribution in [-0.4, -0.2) is 37.1 Å². The number of hydrogen-bond acceptors (Lipinski definition) is 2. The van der Waals surface area contributed by atoms with E-state index in [4.69, 9.17) is 0 Å². The predicted octanol–water partition coefficient (Wildman–Crippen LogP) is 2.64. The van der Waals surface area contributed by atoms with Crippen molar-refractivity contribution in [2.75, 3.05) is 26.2 Å². The summed E-state index contributed by atoms with van der Waals surface area (Å²) in [7, 11) is 0. The molecule has 1 N–H and O–H groups in total. The molecule has 0 spiro atoms. The smallest absolute Gasteiger partial charge is 0.0195 e. The first kappa shape index (κ1) is 12.4. The van der Waals surface area contributed by atoms with Gasteiger partial charge in [0.25, 0.3) is 0 Å². The average molecular weight is 224 g/mol. The van der Waals surface area contributed by atoms with Gasteiger partial charge in [0, 0.05) is 12.6 Å². The van der Waals surface area contributed by atoms with Crippen molar-refractivity contribution in [3.63, 3.8) is 0 Å². The van der Waals surface area contributed by atoms with Crippen LogP contribution in [0.2, 0.25) is 0 Å². The molecule has 0 aromatic carbocycles. The Kier molecular flexibility index (Phi) is 4.26. The molecular formula is C14H28N2. The minimum atomic E-state index is 0.680. The number of hydrogen-bond donors (Lipinski definition) is 1. The summed E-state index contributed by atoms with van der Waals surface area (Å²) in [4.78, 5) is 2.69. The molecule has 0 bridgehead atoms. The third-order valence-electron chi connectivity index (χ3n) is 5.06. The molecule has 2 aliphatic heterocycles. The Labute approximate surface area is 101 Å². The molecule has 2 aliphatic rings. The van der Waals surface area contributed by atoms with E-state index in [2.05, 4.69) is 24.1 Å². The van der Waals surface area contributed by atoms with Gasteiger partial charge in [0.2, 0.25) is 0 Å². The minimum Gasteiger partial charge on any atom is -0.313 e. The Morgan fingerprint density at radius 3 is 2.38 bits per heavy atom. The highest BCUT2D eigenvalue weighted by Crippen LogP contribution is 2.37. The van der Waals surface area contributed by atoms with E-state index < -0.39 is 0 Å². The Morgan fingerprint density at radius 2 is 1.88 bits per heavy atom. The molecule has 2 fully saturated rings. The Bertz CT molecular complexity index is 195. The first-order valence-corrected chi connectivity index (χ1v) is 7.24. The normalized spacial score (nSPS) is 30.8. The lowest BCUT2D eigenvalue weighted by Crippen LogP contribution is -2.44. The van der Waals surface area contributed by atoms with Crippen molar-refractivity contribution in [1.29, 1.82) is 0 Å². The summed E-state index contributed by atoms with van der Waals surface area (Å²) in [6.45, 7) is 9.95. The molecular weight excluding hydrogens is 196 g/mol. The molecule has 0 aliphatic carbocycles. The molecule has 0 radical (unpaired) electrons. The van der Waals surface area contributed by atoms with E-state index in [0.717, 1.165) is 6.04 Å². The van der Waals surface area contributed by atoms with Gasteiger partial charge in [-0.15, -0.1) is 0 Å². The summed E-state index contributed by atoms with van der Waals surface area (Å²) < 4.78 is 0. The maximum Gasteiger partial charge on any atom is 0.0195 e. The Hall–Kier alpha value is -0.0800. The molecule has 2 rings (SSSR count). The highest BCUT2D eigenvalue weighted by Gasteiger charge is 2.31. The van der Waals surface area contributed by atoms with E-state index in [0.29, 0.717) is 5.41 Å². The molecule has 94 valence electrons. The van der Waals surface area contributed by atoms with Gasteiger partial charge in [-0.05, 0) is 50.7 Å². The van der Waals surface area contributed by atoms with Crippen LogP contribution in [-0.2, 0) is 0 Å². The molecule has 1 unspecified atom stereocenters. The number of likely N-dealkylation sites (tertiary alicyclic amines) is 1. The lowest BCUT2D eigenvalue weighted by molar-refractivity contribution is 0.0900. The van der Waals surface area contributed by atoms with E-state index in [-0.39, 0.29) is 0 Å². The highest BCUT2D eigenvalue weighted by atomic mass is 15.2. The van der Waals surface area contributed by atoms with E-state index in [1.165, 1.54) is 64.7 Å². The number of piperidine rings is 1. The van der Waals surface area contributed by atoms with Crippen LogP contribution in [0.1, 0.15) is 52.4 Å². The van der Waals surface area contributed by atoms with Crippen LogP contribution in [0.25, 0.3) is 0 Å². The second-order valence-corrected chi connectivity index (χ2v) is 5.80. The highest BCUT2D eigenvalue weighted by molar-refractivity contribution is 4.86. The zero-order chi connectivity index (χ0) is 11.4. The van der Waals surface area contributed by atoms with Gasteiger partial charge < -0.3 is 10.2 Å². The second kappa shape index (κ2) is 5.50. The quantitative estimate of drug-likeness (QED) is 0.790. The largest absolute Gasteiger partial charge is 0.313 e. The summed E-state index contributed by atoms with van der Waals surface area (Å²) in [5, 5.41) is 3.61. The molecule has 0 aromatic heterocycles. The van der Waals surface area contributed by atoms with Crippen LogP contribution in [0.3, 0.4) is 0 Å². The van der Waals surface area contributed by atoms with Gasteiger partial charge in [0.15, 0.2) is 0 Å². The number of nitrogens with zero attached hydrogens (tertiary/aromatic N) is 1. The van der Waals surface area contributed by atoms with Crippen molar-refractivity contribution in [2.45, 2.75) is 58.4 Å².